The lowest BCUT2D eigenvalue weighted by Gasteiger charge is -2.33. The molecule has 0 saturated carbocycles. The summed E-state index contributed by atoms with van der Waals surface area (Å²) < 4.78 is 10.6. The Morgan fingerprint density at radius 2 is 1.70 bits per heavy atom. The minimum Gasteiger partial charge on any atom is -0.493 e. The first kappa shape index (κ1) is 14.6. The van der Waals surface area contributed by atoms with Gasteiger partial charge in [-0.05, 0) is 17.7 Å². The maximum Gasteiger partial charge on any atom is 0.161 e. The summed E-state index contributed by atoms with van der Waals surface area (Å²) in [6.45, 7) is 5.35. The monoisotopic (exact) mass is 275 g/mol. The second-order valence-electron chi connectivity index (χ2n) is 4.90. The smallest absolute Gasteiger partial charge is 0.161 e. The molecule has 0 aromatic heterocycles. The van der Waals surface area contributed by atoms with Crippen LogP contribution < -0.4 is 9.47 Å². The topological polar surface area (TPSA) is 48.7 Å². The van der Waals surface area contributed by atoms with Crippen molar-refractivity contribution in [1.29, 1.82) is 5.26 Å². The highest BCUT2D eigenvalue weighted by Crippen LogP contribution is 2.28. The van der Waals surface area contributed by atoms with Crippen molar-refractivity contribution in [2.75, 3.05) is 46.9 Å². The van der Waals surface area contributed by atoms with Crippen molar-refractivity contribution in [3.63, 3.8) is 0 Å². The molecule has 0 atom stereocenters. The summed E-state index contributed by atoms with van der Waals surface area (Å²) in [5, 5.41) is 8.70. The van der Waals surface area contributed by atoms with Gasteiger partial charge in [0.2, 0.25) is 0 Å². The molecule has 0 radical (unpaired) electrons. The number of piperazine rings is 1. The van der Waals surface area contributed by atoms with E-state index in [4.69, 9.17) is 14.7 Å². The number of hydrogen-bond acceptors (Lipinski definition) is 5. The standard InChI is InChI=1S/C15H21N3O2/c1-19-14-4-3-13(11-15(14)20-2)12-18-9-7-17(6-5-16)8-10-18/h3-4,11H,6-10,12H2,1-2H3. The van der Waals surface area contributed by atoms with Crippen molar-refractivity contribution in [3.8, 4) is 17.6 Å². The van der Waals surface area contributed by atoms with Crippen molar-refractivity contribution >= 4 is 0 Å². The predicted octanol–water partition coefficient (Wildman–Crippen LogP) is 1.34. The molecule has 0 spiro atoms. The molecule has 0 N–H and O–H groups in total. The van der Waals surface area contributed by atoms with Crippen LogP contribution in [0.3, 0.4) is 0 Å². The van der Waals surface area contributed by atoms with Gasteiger partial charge in [-0.1, -0.05) is 6.07 Å². The molecule has 0 amide bonds. The molecule has 1 aromatic carbocycles. The summed E-state index contributed by atoms with van der Waals surface area (Å²) in [6.07, 6.45) is 0. The highest BCUT2D eigenvalue weighted by atomic mass is 16.5. The molecular formula is C15H21N3O2. The van der Waals surface area contributed by atoms with Crippen molar-refractivity contribution < 1.29 is 9.47 Å². The van der Waals surface area contributed by atoms with Gasteiger partial charge >= 0.3 is 0 Å². The molecule has 1 aliphatic heterocycles. The van der Waals surface area contributed by atoms with Gasteiger partial charge in [-0.3, -0.25) is 9.80 Å². The Balaban J connectivity index is 1.93. The number of nitrogens with zero attached hydrogens (tertiary/aromatic N) is 3. The molecule has 20 heavy (non-hydrogen) atoms. The summed E-state index contributed by atoms with van der Waals surface area (Å²) in [5.41, 5.74) is 1.22. The molecule has 2 rings (SSSR count). The number of ether oxygens (including phenoxy) is 2. The fourth-order valence-electron chi connectivity index (χ4n) is 2.44. The van der Waals surface area contributed by atoms with Gasteiger partial charge in [0.25, 0.3) is 0 Å². The largest absolute Gasteiger partial charge is 0.493 e. The van der Waals surface area contributed by atoms with E-state index in [0.29, 0.717) is 6.54 Å². The molecule has 0 aliphatic carbocycles. The molecule has 1 fully saturated rings. The Bertz CT molecular complexity index is 476. The number of methoxy groups -OCH3 is 2. The first-order chi connectivity index (χ1) is 9.76. The summed E-state index contributed by atoms with van der Waals surface area (Å²) in [5.74, 6) is 1.53. The molecular weight excluding hydrogens is 254 g/mol. The Hall–Kier alpha value is -1.77. The molecule has 1 aromatic rings. The van der Waals surface area contributed by atoms with E-state index < -0.39 is 0 Å². The second kappa shape index (κ2) is 7.13. The number of nitriles is 1. The highest BCUT2D eigenvalue weighted by molar-refractivity contribution is 5.42. The second-order valence-corrected chi connectivity index (χ2v) is 4.90. The van der Waals surface area contributed by atoms with E-state index in [0.717, 1.165) is 44.2 Å². The Morgan fingerprint density at radius 1 is 1.05 bits per heavy atom. The number of benzene rings is 1. The lowest BCUT2D eigenvalue weighted by molar-refractivity contribution is 0.138. The zero-order valence-electron chi connectivity index (χ0n) is 12.1. The van der Waals surface area contributed by atoms with Crippen LogP contribution in [-0.2, 0) is 6.54 Å². The third-order valence-corrected chi connectivity index (χ3v) is 3.61. The minimum absolute atomic E-state index is 0.532. The zero-order chi connectivity index (χ0) is 14.4. The Kier molecular flexibility index (Phi) is 5.22. The van der Waals surface area contributed by atoms with E-state index in [9.17, 15) is 0 Å². The summed E-state index contributed by atoms with van der Waals surface area (Å²) in [7, 11) is 3.30. The normalized spacial score (nSPS) is 16.6. The van der Waals surface area contributed by atoms with Crippen molar-refractivity contribution in [2.45, 2.75) is 6.54 Å². The molecule has 1 aliphatic rings. The van der Waals surface area contributed by atoms with E-state index in [1.165, 1.54) is 5.56 Å². The number of rotatable bonds is 5. The zero-order valence-corrected chi connectivity index (χ0v) is 12.1. The predicted molar refractivity (Wildman–Crippen MR) is 76.9 cm³/mol. The van der Waals surface area contributed by atoms with E-state index >= 15 is 0 Å². The van der Waals surface area contributed by atoms with Gasteiger partial charge in [-0.15, -0.1) is 0 Å². The van der Waals surface area contributed by atoms with Gasteiger partial charge in [0.05, 0.1) is 26.8 Å². The van der Waals surface area contributed by atoms with Crippen LogP contribution in [0.15, 0.2) is 18.2 Å². The Morgan fingerprint density at radius 3 is 2.30 bits per heavy atom. The molecule has 5 heteroatoms. The van der Waals surface area contributed by atoms with Crippen LogP contribution in [0.25, 0.3) is 0 Å². The third kappa shape index (κ3) is 3.62. The van der Waals surface area contributed by atoms with Gasteiger partial charge in [0, 0.05) is 32.7 Å². The minimum atomic E-state index is 0.532. The molecule has 1 heterocycles. The van der Waals surface area contributed by atoms with Crippen LogP contribution in [0, 0.1) is 11.3 Å². The molecule has 108 valence electrons. The maximum absolute atomic E-state index is 8.70. The lowest BCUT2D eigenvalue weighted by Crippen LogP contribution is -2.45. The van der Waals surface area contributed by atoms with Crippen LogP contribution >= 0.6 is 0 Å². The first-order valence-electron chi connectivity index (χ1n) is 6.79. The van der Waals surface area contributed by atoms with E-state index in [-0.39, 0.29) is 0 Å². The fourth-order valence-corrected chi connectivity index (χ4v) is 2.44. The molecule has 5 nitrogen and oxygen atoms in total. The third-order valence-electron chi connectivity index (χ3n) is 3.61. The van der Waals surface area contributed by atoms with E-state index in [1.807, 2.05) is 12.1 Å². The summed E-state index contributed by atoms with van der Waals surface area (Å²) >= 11 is 0. The van der Waals surface area contributed by atoms with Crippen LogP contribution in [0.2, 0.25) is 0 Å². The summed E-state index contributed by atoms with van der Waals surface area (Å²) in [6, 6.07) is 8.25. The van der Waals surface area contributed by atoms with Gasteiger partial charge in [-0.25, -0.2) is 0 Å². The van der Waals surface area contributed by atoms with Gasteiger partial charge in [-0.2, -0.15) is 5.26 Å². The van der Waals surface area contributed by atoms with Gasteiger partial charge < -0.3 is 9.47 Å². The number of hydrogen-bond donors (Lipinski definition) is 0. The van der Waals surface area contributed by atoms with Crippen LogP contribution in [-0.4, -0.2) is 56.7 Å². The van der Waals surface area contributed by atoms with Gasteiger partial charge in [0.15, 0.2) is 11.5 Å². The fraction of sp³-hybridized carbons (Fsp3) is 0.533. The lowest BCUT2D eigenvalue weighted by atomic mass is 10.1. The van der Waals surface area contributed by atoms with E-state index in [2.05, 4.69) is 21.9 Å². The average molecular weight is 275 g/mol. The van der Waals surface area contributed by atoms with Crippen LogP contribution in [0.5, 0.6) is 11.5 Å². The van der Waals surface area contributed by atoms with Gasteiger partial charge in [0.1, 0.15) is 0 Å². The highest BCUT2D eigenvalue weighted by Gasteiger charge is 2.17. The van der Waals surface area contributed by atoms with Crippen molar-refractivity contribution in [2.24, 2.45) is 0 Å². The first-order valence-corrected chi connectivity index (χ1v) is 6.79. The molecule has 1 saturated heterocycles. The van der Waals surface area contributed by atoms with Crippen LogP contribution in [0.4, 0.5) is 0 Å². The maximum atomic E-state index is 8.70. The van der Waals surface area contributed by atoms with Crippen molar-refractivity contribution in [3.05, 3.63) is 23.8 Å². The summed E-state index contributed by atoms with van der Waals surface area (Å²) in [4.78, 5) is 4.58. The molecule has 0 bridgehead atoms. The average Bonchev–Trinajstić information content (AvgIpc) is 2.49. The SMILES string of the molecule is COc1ccc(CN2CCN(CC#N)CC2)cc1OC. The Labute approximate surface area is 120 Å². The van der Waals surface area contributed by atoms with Crippen molar-refractivity contribution in [1.82, 2.24) is 9.80 Å². The molecule has 0 unspecified atom stereocenters. The quantitative estimate of drug-likeness (QED) is 0.759. The van der Waals surface area contributed by atoms with Crippen LogP contribution in [0.1, 0.15) is 5.56 Å². The van der Waals surface area contributed by atoms with E-state index in [1.54, 1.807) is 14.2 Å².